The van der Waals surface area contributed by atoms with Crippen molar-refractivity contribution in [1.29, 1.82) is 0 Å². The zero-order valence-corrected chi connectivity index (χ0v) is 14.0. The fourth-order valence-electron chi connectivity index (χ4n) is 2.56. The van der Waals surface area contributed by atoms with Gasteiger partial charge in [0.1, 0.15) is 0 Å². The number of hydrogen-bond donors (Lipinski definition) is 2. The third kappa shape index (κ3) is 6.06. The molecule has 0 aliphatic carbocycles. The van der Waals surface area contributed by atoms with Gasteiger partial charge in [0.2, 0.25) is 0 Å². The minimum absolute atomic E-state index is 0.561. The van der Waals surface area contributed by atoms with Gasteiger partial charge in [-0.3, -0.25) is 9.89 Å². The Balaban J connectivity index is 1.64. The summed E-state index contributed by atoms with van der Waals surface area (Å²) in [6, 6.07) is 4.36. The molecule has 3 N–H and O–H groups in total. The van der Waals surface area contributed by atoms with Gasteiger partial charge in [0, 0.05) is 24.5 Å². The lowest BCUT2D eigenvalue weighted by Crippen LogP contribution is -2.40. The van der Waals surface area contributed by atoms with Crippen LogP contribution >= 0.6 is 11.3 Å². The van der Waals surface area contributed by atoms with Crippen LogP contribution in [0.1, 0.15) is 31.6 Å². The van der Waals surface area contributed by atoms with E-state index in [1.54, 1.807) is 0 Å². The molecule has 0 atom stereocenters. The highest BCUT2D eigenvalue weighted by atomic mass is 32.1. The molecule has 0 saturated carbocycles. The average Bonchev–Trinajstić information content (AvgIpc) is 2.97. The van der Waals surface area contributed by atoms with E-state index in [1.165, 1.54) is 30.8 Å². The van der Waals surface area contributed by atoms with Crippen LogP contribution in [0.25, 0.3) is 0 Å². The summed E-state index contributed by atoms with van der Waals surface area (Å²) in [4.78, 5) is 8.37. The molecule has 1 fully saturated rings. The van der Waals surface area contributed by atoms with Crippen molar-refractivity contribution in [1.82, 2.24) is 10.2 Å². The largest absolute Gasteiger partial charge is 0.370 e. The molecule has 1 aromatic heterocycles. The number of nitrogens with one attached hydrogen (secondary N) is 1. The molecule has 4 nitrogen and oxygen atoms in total. The molecule has 0 spiro atoms. The fraction of sp³-hybridized carbons (Fsp3) is 0.688. The molecule has 118 valence electrons. The smallest absolute Gasteiger partial charge is 0.188 e. The molecule has 1 aliphatic rings. The van der Waals surface area contributed by atoms with Gasteiger partial charge in [-0.1, -0.05) is 19.9 Å². The van der Waals surface area contributed by atoms with Crippen LogP contribution < -0.4 is 11.1 Å². The van der Waals surface area contributed by atoms with E-state index in [0.717, 1.165) is 25.6 Å². The molecule has 1 aliphatic heterocycles. The highest BCUT2D eigenvalue weighted by Gasteiger charge is 2.19. The lowest BCUT2D eigenvalue weighted by atomic mass is 9.97. The van der Waals surface area contributed by atoms with Crippen molar-refractivity contribution in [3.05, 3.63) is 22.4 Å². The highest BCUT2D eigenvalue weighted by Crippen LogP contribution is 2.20. The molecule has 0 radical (unpaired) electrons. The predicted molar refractivity (Wildman–Crippen MR) is 91.7 cm³/mol. The highest BCUT2D eigenvalue weighted by molar-refractivity contribution is 7.09. The molecular weight excluding hydrogens is 280 g/mol. The Morgan fingerprint density at radius 3 is 2.86 bits per heavy atom. The number of likely N-dealkylation sites (tertiary alicyclic amines) is 1. The summed E-state index contributed by atoms with van der Waals surface area (Å²) in [5.41, 5.74) is 5.89. The lowest BCUT2D eigenvalue weighted by Gasteiger charge is -2.31. The van der Waals surface area contributed by atoms with Crippen LogP contribution in [0.4, 0.5) is 0 Å². The van der Waals surface area contributed by atoms with Gasteiger partial charge in [-0.2, -0.15) is 0 Å². The number of guanidine groups is 1. The molecule has 2 heterocycles. The molecule has 0 amide bonds. The maximum Gasteiger partial charge on any atom is 0.188 e. The number of aliphatic imine (C=N–C) groups is 1. The van der Waals surface area contributed by atoms with E-state index in [9.17, 15) is 0 Å². The van der Waals surface area contributed by atoms with Crippen molar-refractivity contribution in [2.75, 3.05) is 26.2 Å². The van der Waals surface area contributed by atoms with E-state index in [2.05, 4.69) is 46.6 Å². The third-order valence-electron chi connectivity index (χ3n) is 3.87. The van der Waals surface area contributed by atoms with E-state index in [0.29, 0.717) is 11.9 Å². The maximum absolute atomic E-state index is 5.89. The van der Waals surface area contributed by atoms with Crippen LogP contribution in [0.3, 0.4) is 0 Å². The first kappa shape index (κ1) is 16.3. The van der Waals surface area contributed by atoms with Crippen LogP contribution in [0.15, 0.2) is 22.5 Å². The number of thiophene rings is 1. The topological polar surface area (TPSA) is 53.6 Å². The standard InChI is InChI=1S/C16H28N4S/c1-13(2)10-18-16(17)19-11-14-5-7-20(8-6-14)12-15-4-3-9-21-15/h3-4,9,13-14H,5-8,10-12H2,1-2H3,(H3,17,18,19). The Kier molecular flexibility index (Phi) is 6.51. The Hall–Kier alpha value is -1.07. The van der Waals surface area contributed by atoms with Crippen LogP contribution in [0, 0.1) is 11.8 Å². The quantitative estimate of drug-likeness (QED) is 0.627. The van der Waals surface area contributed by atoms with Gasteiger partial charge in [-0.25, -0.2) is 0 Å². The molecule has 0 aromatic carbocycles. The Morgan fingerprint density at radius 2 is 2.24 bits per heavy atom. The second-order valence-corrected chi connectivity index (χ2v) is 7.33. The van der Waals surface area contributed by atoms with Crippen molar-refractivity contribution in [3.8, 4) is 0 Å². The first-order chi connectivity index (χ1) is 10.1. The van der Waals surface area contributed by atoms with Gasteiger partial charge in [-0.05, 0) is 49.2 Å². The number of hydrogen-bond acceptors (Lipinski definition) is 3. The maximum atomic E-state index is 5.89. The molecule has 0 unspecified atom stereocenters. The summed E-state index contributed by atoms with van der Waals surface area (Å²) < 4.78 is 0. The predicted octanol–water partition coefficient (Wildman–Crippen LogP) is 2.52. The van der Waals surface area contributed by atoms with Gasteiger partial charge < -0.3 is 11.1 Å². The molecule has 2 rings (SSSR count). The summed E-state index contributed by atoms with van der Waals surface area (Å²) in [5, 5.41) is 5.44. The minimum atomic E-state index is 0.561. The van der Waals surface area contributed by atoms with E-state index >= 15 is 0 Å². The Labute approximate surface area is 132 Å². The van der Waals surface area contributed by atoms with Crippen LogP contribution in [-0.4, -0.2) is 37.0 Å². The Morgan fingerprint density at radius 1 is 1.48 bits per heavy atom. The summed E-state index contributed by atoms with van der Waals surface area (Å²) >= 11 is 1.85. The second kappa shape index (κ2) is 8.39. The van der Waals surface area contributed by atoms with Crippen molar-refractivity contribution in [2.45, 2.75) is 33.2 Å². The normalized spacial score (nSPS) is 18.3. The number of nitrogens with two attached hydrogens (primary N) is 1. The van der Waals surface area contributed by atoms with Gasteiger partial charge in [0.05, 0.1) is 0 Å². The van der Waals surface area contributed by atoms with Crippen molar-refractivity contribution in [3.63, 3.8) is 0 Å². The molecule has 1 saturated heterocycles. The molecule has 21 heavy (non-hydrogen) atoms. The average molecular weight is 308 g/mol. The first-order valence-electron chi connectivity index (χ1n) is 7.92. The Bertz CT molecular complexity index is 419. The van der Waals surface area contributed by atoms with E-state index < -0.39 is 0 Å². The lowest BCUT2D eigenvalue weighted by molar-refractivity contribution is 0.179. The van der Waals surface area contributed by atoms with Crippen LogP contribution in [-0.2, 0) is 6.54 Å². The van der Waals surface area contributed by atoms with Crippen LogP contribution in [0.2, 0.25) is 0 Å². The minimum Gasteiger partial charge on any atom is -0.370 e. The van der Waals surface area contributed by atoms with Gasteiger partial charge in [0.15, 0.2) is 5.96 Å². The monoisotopic (exact) mass is 308 g/mol. The third-order valence-corrected chi connectivity index (χ3v) is 4.73. The van der Waals surface area contributed by atoms with Crippen molar-refractivity contribution < 1.29 is 0 Å². The number of piperidine rings is 1. The van der Waals surface area contributed by atoms with E-state index in [1.807, 2.05) is 11.3 Å². The molecular formula is C16H28N4S. The summed E-state index contributed by atoms with van der Waals surface area (Å²) in [7, 11) is 0. The number of nitrogens with zero attached hydrogens (tertiary/aromatic N) is 2. The summed E-state index contributed by atoms with van der Waals surface area (Å²) in [6.07, 6.45) is 2.49. The number of rotatable bonds is 6. The SMILES string of the molecule is CC(C)CN=C(N)NCC1CCN(Cc2cccs2)CC1. The van der Waals surface area contributed by atoms with Gasteiger partial charge >= 0.3 is 0 Å². The van der Waals surface area contributed by atoms with Crippen molar-refractivity contribution >= 4 is 17.3 Å². The van der Waals surface area contributed by atoms with Gasteiger partial charge in [0.25, 0.3) is 0 Å². The first-order valence-corrected chi connectivity index (χ1v) is 8.80. The van der Waals surface area contributed by atoms with Gasteiger partial charge in [-0.15, -0.1) is 11.3 Å². The van der Waals surface area contributed by atoms with E-state index in [-0.39, 0.29) is 0 Å². The molecule has 1 aromatic rings. The molecule has 5 heteroatoms. The summed E-state index contributed by atoms with van der Waals surface area (Å²) in [5.74, 6) is 1.88. The van der Waals surface area contributed by atoms with Crippen molar-refractivity contribution in [2.24, 2.45) is 22.6 Å². The fourth-order valence-corrected chi connectivity index (χ4v) is 3.30. The second-order valence-electron chi connectivity index (χ2n) is 6.30. The van der Waals surface area contributed by atoms with E-state index in [4.69, 9.17) is 5.73 Å². The zero-order valence-electron chi connectivity index (χ0n) is 13.2. The summed E-state index contributed by atoms with van der Waals surface area (Å²) in [6.45, 7) is 9.55. The zero-order chi connectivity index (χ0) is 15.1. The molecule has 0 bridgehead atoms. The van der Waals surface area contributed by atoms with Crippen LogP contribution in [0.5, 0.6) is 0 Å².